The van der Waals surface area contributed by atoms with E-state index >= 15 is 0 Å². The predicted octanol–water partition coefficient (Wildman–Crippen LogP) is 4.11. The van der Waals surface area contributed by atoms with Crippen molar-refractivity contribution in [2.24, 2.45) is 4.99 Å². The molecule has 3 nitrogen and oxygen atoms in total. The highest BCUT2D eigenvalue weighted by molar-refractivity contribution is 14.0. The van der Waals surface area contributed by atoms with Crippen LogP contribution in [-0.2, 0) is 6.54 Å². The molecule has 0 amide bonds. The van der Waals surface area contributed by atoms with Gasteiger partial charge in [0.2, 0.25) is 0 Å². The maximum atomic E-state index is 13.7. The van der Waals surface area contributed by atoms with Gasteiger partial charge < -0.3 is 10.6 Å². The van der Waals surface area contributed by atoms with Gasteiger partial charge in [-0.1, -0.05) is 24.3 Å². The SMILES string of the molecule is CN=C(NCc1cc(F)ccc1F)NC1CC1c1ccccc1C.I. The predicted molar refractivity (Wildman–Crippen MR) is 107 cm³/mol. The smallest absolute Gasteiger partial charge is 0.191 e. The molecule has 0 bridgehead atoms. The highest BCUT2D eigenvalue weighted by atomic mass is 127. The van der Waals surface area contributed by atoms with E-state index in [4.69, 9.17) is 0 Å². The van der Waals surface area contributed by atoms with Crippen LogP contribution in [0.4, 0.5) is 8.78 Å². The van der Waals surface area contributed by atoms with E-state index in [1.165, 1.54) is 17.2 Å². The Morgan fingerprint density at radius 3 is 2.68 bits per heavy atom. The van der Waals surface area contributed by atoms with E-state index in [0.717, 1.165) is 18.6 Å². The number of aliphatic imine (C=N–C) groups is 1. The van der Waals surface area contributed by atoms with E-state index in [9.17, 15) is 8.78 Å². The van der Waals surface area contributed by atoms with Crippen molar-refractivity contribution in [2.45, 2.75) is 31.8 Å². The van der Waals surface area contributed by atoms with Crippen LogP contribution in [0.2, 0.25) is 0 Å². The average Bonchev–Trinajstić information content (AvgIpc) is 3.33. The normalized spacial score (nSPS) is 19.1. The summed E-state index contributed by atoms with van der Waals surface area (Å²) in [5.41, 5.74) is 2.92. The van der Waals surface area contributed by atoms with Crippen LogP contribution in [0, 0.1) is 18.6 Å². The molecule has 2 N–H and O–H groups in total. The average molecular weight is 457 g/mol. The van der Waals surface area contributed by atoms with Crippen molar-refractivity contribution < 1.29 is 8.78 Å². The van der Waals surface area contributed by atoms with Gasteiger partial charge in [-0.15, -0.1) is 24.0 Å². The third kappa shape index (κ3) is 4.90. The molecule has 1 aliphatic carbocycles. The molecule has 2 aromatic rings. The first kappa shape index (κ1) is 19.6. The Bertz CT molecular complexity index is 764. The van der Waals surface area contributed by atoms with Gasteiger partial charge in [-0.3, -0.25) is 4.99 Å². The molecule has 0 saturated heterocycles. The number of aryl methyl sites for hydroxylation is 1. The lowest BCUT2D eigenvalue weighted by molar-refractivity contribution is 0.581. The van der Waals surface area contributed by atoms with E-state index in [0.29, 0.717) is 17.9 Å². The molecule has 0 radical (unpaired) electrons. The van der Waals surface area contributed by atoms with Crippen molar-refractivity contribution in [3.8, 4) is 0 Å². The highest BCUT2D eigenvalue weighted by Crippen LogP contribution is 2.41. The van der Waals surface area contributed by atoms with Gasteiger partial charge in [0.1, 0.15) is 11.6 Å². The van der Waals surface area contributed by atoms with Gasteiger partial charge >= 0.3 is 0 Å². The molecule has 1 saturated carbocycles. The van der Waals surface area contributed by atoms with Gasteiger partial charge in [0.15, 0.2) is 5.96 Å². The third-order valence-electron chi connectivity index (χ3n) is 4.38. The third-order valence-corrected chi connectivity index (χ3v) is 4.38. The van der Waals surface area contributed by atoms with Crippen molar-refractivity contribution in [3.05, 3.63) is 70.8 Å². The Labute approximate surface area is 164 Å². The first-order valence-electron chi connectivity index (χ1n) is 8.05. The molecule has 2 atom stereocenters. The van der Waals surface area contributed by atoms with Crippen LogP contribution in [-0.4, -0.2) is 19.0 Å². The molecule has 1 fully saturated rings. The Morgan fingerprint density at radius 2 is 1.96 bits per heavy atom. The molecule has 6 heteroatoms. The first-order valence-corrected chi connectivity index (χ1v) is 8.05. The number of benzene rings is 2. The van der Waals surface area contributed by atoms with Gasteiger partial charge in [-0.05, 0) is 42.7 Å². The zero-order valence-electron chi connectivity index (χ0n) is 14.2. The van der Waals surface area contributed by atoms with Crippen LogP contribution in [0.25, 0.3) is 0 Å². The molecular formula is C19H22F2IN3. The number of nitrogens with one attached hydrogen (secondary N) is 2. The number of hydrogen-bond acceptors (Lipinski definition) is 1. The first-order chi connectivity index (χ1) is 11.6. The zero-order chi connectivity index (χ0) is 17.1. The van der Waals surface area contributed by atoms with E-state index in [1.807, 2.05) is 6.07 Å². The summed E-state index contributed by atoms with van der Waals surface area (Å²) in [6, 6.07) is 12.1. The second kappa shape index (κ2) is 8.60. The van der Waals surface area contributed by atoms with E-state index < -0.39 is 11.6 Å². The quantitative estimate of drug-likeness (QED) is 0.412. The summed E-state index contributed by atoms with van der Waals surface area (Å²) in [4.78, 5) is 4.16. The van der Waals surface area contributed by atoms with Crippen molar-refractivity contribution in [2.75, 3.05) is 7.05 Å². The minimum atomic E-state index is -0.446. The zero-order valence-corrected chi connectivity index (χ0v) is 16.6. The van der Waals surface area contributed by atoms with Crippen LogP contribution in [0.1, 0.15) is 29.0 Å². The largest absolute Gasteiger partial charge is 0.353 e. The van der Waals surface area contributed by atoms with Crippen LogP contribution in [0.15, 0.2) is 47.5 Å². The summed E-state index contributed by atoms with van der Waals surface area (Å²) >= 11 is 0. The lowest BCUT2D eigenvalue weighted by Crippen LogP contribution is -2.38. The van der Waals surface area contributed by atoms with E-state index in [1.54, 1.807) is 7.05 Å². The second-order valence-corrected chi connectivity index (χ2v) is 6.11. The van der Waals surface area contributed by atoms with Gasteiger partial charge in [-0.25, -0.2) is 8.78 Å². The summed E-state index contributed by atoms with van der Waals surface area (Å²) in [6.45, 7) is 2.30. The summed E-state index contributed by atoms with van der Waals surface area (Å²) in [7, 11) is 1.67. The summed E-state index contributed by atoms with van der Waals surface area (Å²) in [6.07, 6.45) is 1.04. The number of halogens is 3. The topological polar surface area (TPSA) is 36.4 Å². The number of nitrogens with zero attached hydrogens (tertiary/aromatic N) is 1. The maximum absolute atomic E-state index is 13.7. The molecule has 1 aliphatic rings. The van der Waals surface area contributed by atoms with Gasteiger partial charge in [-0.2, -0.15) is 0 Å². The van der Waals surface area contributed by atoms with Crippen molar-refractivity contribution >= 4 is 29.9 Å². The Hall–Kier alpha value is -1.70. The molecule has 3 rings (SSSR count). The lowest BCUT2D eigenvalue weighted by Gasteiger charge is -2.13. The van der Waals surface area contributed by atoms with Gasteiger partial charge in [0.25, 0.3) is 0 Å². The monoisotopic (exact) mass is 457 g/mol. The van der Waals surface area contributed by atoms with Crippen molar-refractivity contribution in [1.29, 1.82) is 0 Å². The van der Waals surface area contributed by atoms with Crippen LogP contribution in [0.5, 0.6) is 0 Å². The minimum absolute atomic E-state index is 0. The number of rotatable bonds is 4. The number of hydrogen-bond donors (Lipinski definition) is 2. The van der Waals surface area contributed by atoms with E-state index in [2.05, 4.69) is 40.7 Å². The fourth-order valence-electron chi connectivity index (χ4n) is 2.93. The highest BCUT2D eigenvalue weighted by Gasteiger charge is 2.39. The van der Waals surface area contributed by atoms with Crippen molar-refractivity contribution in [3.63, 3.8) is 0 Å². The molecule has 0 spiro atoms. The maximum Gasteiger partial charge on any atom is 0.191 e. The molecule has 0 aliphatic heterocycles. The molecule has 0 aromatic heterocycles. The minimum Gasteiger partial charge on any atom is -0.353 e. The lowest BCUT2D eigenvalue weighted by atomic mass is 10.0. The van der Waals surface area contributed by atoms with Crippen LogP contribution < -0.4 is 10.6 Å². The fourth-order valence-corrected chi connectivity index (χ4v) is 2.93. The van der Waals surface area contributed by atoms with Crippen LogP contribution >= 0.6 is 24.0 Å². The van der Waals surface area contributed by atoms with Crippen LogP contribution in [0.3, 0.4) is 0 Å². The molecule has 25 heavy (non-hydrogen) atoms. The Balaban J connectivity index is 0.00000225. The molecule has 134 valence electrons. The number of guanidine groups is 1. The molecular weight excluding hydrogens is 435 g/mol. The second-order valence-electron chi connectivity index (χ2n) is 6.11. The molecule has 0 heterocycles. The van der Waals surface area contributed by atoms with Crippen molar-refractivity contribution in [1.82, 2.24) is 10.6 Å². The standard InChI is InChI=1S/C19H21F2N3.HI/c1-12-5-3-4-6-15(12)16-10-18(16)24-19(22-2)23-11-13-9-14(20)7-8-17(13)21;/h3-9,16,18H,10-11H2,1-2H3,(H2,22,23,24);1H. The molecule has 2 aromatic carbocycles. The molecule has 2 unspecified atom stereocenters. The summed E-state index contributed by atoms with van der Waals surface area (Å²) < 4.78 is 26.9. The summed E-state index contributed by atoms with van der Waals surface area (Å²) in [5, 5.41) is 6.39. The van der Waals surface area contributed by atoms with Gasteiger partial charge in [0, 0.05) is 31.1 Å². The fraction of sp³-hybridized carbons (Fsp3) is 0.316. The summed E-state index contributed by atoms with van der Waals surface area (Å²) in [5.74, 6) is 0.192. The van der Waals surface area contributed by atoms with E-state index in [-0.39, 0.29) is 36.1 Å². The van der Waals surface area contributed by atoms with Gasteiger partial charge in [0.05, 0.1) is 0 Å². The Morgan fingerprint density at radius 1 is 1.20 bits per heavy atom. The Kier molecular flexibility index (Phi) is 6.75.